The highest BCUT2D eigenvalue weighted by Gasteiger charge is 2.76. The molecule has 4 aliphatic carbocycles. The third-order valence-electron chi connectivity index (χ3n) is 7.42. The van der Waals surface area contributed by atoms with Crippen molar-refractivity contribution in [1.82, 2.24) is 10.0 Å². The normalized spacial score (nSPS) is 30.3. The van der Waals surface area contributed by atoms with Gasteiger partial charge in [-0.15, -0.1) is 0 Å². The predicted octanol–water partition coefficient (Wildman–Crippen LogP) is 3.68. The fourth-order valence-corrected chi connectivity index (χ4v) is 5.99. The van der Waals surface area contributed by atoms with E-state index in [9.17, 15) is 4.79 Å². The average Bonchev–Trinajstić information content (AvgIpc) is 3.24. The molecule has 1 aromatic carbocycles. The molecule has 0 N–H and O–H groups in total. The third-order valence-corrected chi connectivity index (χ3v) is 7.42. The van der Waals surface area contributed by atoms with Gasteiger partial charge < -0.3 is 9.47 Å². The van der Waals surface area contributed by atoms with Gasteiger partial charge in [0.1, 0.15) is 11.4 Å². The van der Waals surface area contributed by atoms with Gasteiger partial charge in [0.2, 0.25) is 0 Å². The van der Waals surface area contributed by atoms with E-state index in [-0.39, 0.29) is 11.8 Å². The lowest BCUT2D eigenvalue weighted by Crippen LogP contribution is -2.56. The standard InChI is InChI=1S/C24H26N2O4/c1-26(30-4)22(27)23-13-16(14-23)20-21-19(9-11-24(20,23)29-3)18(10-12-25-21)15-5-7-17(28-2)8-6-15/h5-12,16,20H,13-14H2,1-4H3/t16?,20-,23?,24-/m0/s1. The van der Waals surface area contributed by atoms with Gasteiger partial charge >= 0.3 is 0 Å². The van der Waals surface area contributed by atoms with Crippen molar-refractivity contribution in [2.24, 2.45) is 11.3 Å². The fourth-order valence-electron chi connectivity index (χ4n) is 5.99. The molecule has 0 aliphatic heterocycles. The summed E-state index contributed by atoms with van der Waals surface area (Å²) in [5.41, 5.74) is 3.07. The van der Waals surface area contributed by atoms with E-state index < -0.39 is 11.0 Å². The van der Waals surface area contributed by atoms with Crippen molar-refractivity contribution in [1.29, 1.82) is 0 Å². The molecular formula is C24H26N2O4. The van der Waals surface area contributed by atoms with Crippen LogP contribution in [-0.4, -0.2) is 49.9 Å². The number of amides is 1. The Bertz CT molecular complexity index is 1030. The summed E-state index contributed by atoms with van der Waals surface area (Å²) in [6.07, 6.45) is 7.63. The van der Waals surface area contributed by atoms with Crippen molar-refractivity contribution < 1.29 is 19.1 Å². The zero-order chi connectivity index (χ0) is 21.1. The first kappa shape index (κ1) is 19.3. The summed E-state index contributed by atoms with van der Waals surface area (Å²) in [5.74, 6) is 1.22. The summed E-state index contributed by atoms with van der Waals surface area (Å²) >= 11 is 0. The first-order valence-electron chi connectivity index (χ1n) is 10.2. The molecule has 156 valence electrons. The number of methoxy groups -OCH3 is 2. The SMILES string of the molecule is COc1ccc(-c2ccnc3c2C=C[C@]2(OC)[C@H]3C3CC2(C(=O)N(C)OC)C3)cc1. The molecule has 0 spiro atoms. The molecule has 3 saturated carbocycles. The van der Waals surface area contributed by atoms with Gasteiger partial charge in [0, 0.05) is 31.8 Å². The second-order valence-corrected chi connectivity index (χ2v) is 8.43. The minimum Gasteiger partial charge on any atom is -0.497 e. The number of rotatable bonds is 5. The maximum Gasteiger partial charge on any atom is 0.255 e. The molecule has 1 heterocycles. The lowest BCUT2D eigenvalue weighted by Gasteiger charge is -2.46. The molecule has 30 heavy (non-hydrogen) atoms. The molecule has 2 aromatic rings. The Kier molecular flexibility index (Phi) is 4.27. The van der Waals surface area contributed by atoms with E-state index in [4.69, 9.17) is 19.3 Å². The van der Waals surface area contributed by atoms with Crippen LogP contribution in [0.1, 0.15) is 30.0 Å². The highest BCUT2D eigenvalue weighted by molar-refractivity contribution is 5.89. The molecule has 0 radical (unpaired) electrons. The van der Waals surface area contributed by atoms with Crippen LogP contribution in [0.25, 0.3) is 17.2 Å². The van der Waals surface area contributed by atoms with Gasteiger partial charge in [-0.1, -0.05) is 24.3 Å². The lowest BCUT2D eigenvalue weighted by molar-refractivity contribution is -0.196. The predicted molar refractivity (Wildman–Crippen MR) is 113 cm³/mol. The van der Waals surface area contributed by atoms with E-state index in [1.54, 1.807) is 21.3 Å². The van der Waals surface area contributed by atoms with E-state index in [1.165, 1.54) is 12.2 Å². The number of benzene rings is 1. The minimum atomic E-state index is -0.694. The number of carbonyl (C=O) groups is 1. The summed E-state index contributed by atoms with van der Waals surface area (Å²) in [6.45, 7) is 0. The van der Waals surface area contributed by atoms with Crippen LogP contribution < -0.4 is 4.74 Å². The zero-order valence-corrected chi connectivity index (χ0v) is 17.7. The molecule has 6 rings (SSSR count). The van der Waals surface area contributed by atoms with Gasteiger partial charge in [0.05, 0.1) is 25.3 Å². The molecule has 0 saturated heterocycles. The third kappa shape index (κ3) is 2.26. The number of hydrogen-bond donors (Lipinski definition) is 0. The van der Waals surface area contributed by atoms with E-state index in [2.05, 4.69) is 24.3 Å². The Balaban J connectivity index is 1.61. The summed E-state index contributed by atoms with van der Waals surface area (Å²) in [5, 5.41) is 1.34. The van der Waals surface area contributed by atoms with Gasteiger partial charge in [0.15, 0.2) is 0 Å². The van der Waals surface area contributed by atoms with Gasteiger partial charge in [-0.25, -0.2) is 5.06 Å². The summed E-state index contributed by atoms with van der Waals surface area (Å²) in [7, 11) is 6.56. The number of pyridine rings is 1. The van der Waals surface area contributed by atoms with Gasteiger partial charge in [0.25, 0.3) is 5.91 Å². The smallest absolute Gasteiger partial charge is 0.255 e. The quantitative estimate of drug-likeness (QED) is 0.709. The second-order valence-electron chi connectivity index (χ2n) is 8.43. The number of hydroxylamine groups is 2. The molecule has 2 atom stereocenters. The first-order chi connectivity index (χ1) is 14.5. The number of fused-ring (bicyclic) bond motifs is 1. The average molecular weight is 406 g/mol. The van der Waals surface area contributed by atoms with Crippen LogP contribution in [0.4, 0.5) is 0 Å². The van der Waals surface area contributed by atoms with Crippen molar-refractivity contribution in [2.45, 2.75) is 24.4 Å². The second kappa shape index (κ2) is 6.65. The topological polar surface area (TPSA) is 60.9 Å². The van der Waals surface area contributed by atoms with Crippen molar-refractivity contribution in [3.8, 4) is 16.9 Å². The maximum atomic E-state index is 13.3. The van der Waals surface area contributed by atoms with Gasteiger partial charge in [-0.2, -0.15) is 0 Å². The monoisotopic (exact) mass is 406 g/mol. The van der Waals surface area contributed by atoms with Gasteiger partial charge in [-0.05, 0) is 48.1 Å². The molecule has 0 unspecified atom stereocenters. The molecule has 4 aliphatic rings. The van der Waals surface area contributed by atoms with Crippen molar-refractivity contribution >= 4 is 12.0 Å². The van der Waals surface area contributed by atoms with Crippen LogP contribution in [0.5, 0.6) is 5.75 Å². The van der Waals surface area contributed by atoms with Gasteiger partial charge in [-0.3, -0.25) is 14.6 Å². The molecule has 3 fully saturated rings. The zero-order valence-electron chi connectivity index (χ0n) is 17.7. The summed E-state index contributed by atoms with van der Waals surface area (Å²) < 4.78 is 11.5. The molecule has 6 heteroatoms. The van der Waals surface area contributed by atoms with E-state index in [1.807, 2.05) is 24.4 Å². The number of carbonyl (C=O) groups excluding carboxylic acids is 1. The van der Waals surface area contributed by atoms with E-state index in [0.717, 1.165) is 41.0 Å². The lowest BCUT2D eigenvalue weighted by atomic mass is 9.64. The maximum absolute atomic E-state index is 13.3. The fraction of sp³-hybridized carbons (Fsp3) is 0.417. The number of hydrogen-bond acceptors (Lipinski definition) is 5. The minimum absolute atomic E-state index is 0.0231. The van der Waals surface area contributed by atoms with Crippen molar-refractivity contribution in [3.05, 3.63) is 53.9 Å². The van der Waals surface area contributed by atoms with E-state index in [0.29, 0.717) is 5.92 Å². The first-order valence-corrected chi connectivity index (χ1v) is 10.2. The number of ether oxygens (including phenoxy) is 2. The number of nitrogens with zero attached hydrogens (tertiary/aromatic N) is 2. The molecule has 2 bridgehead atoms. The van der Waals surface area contributed by atoms with Crippen molar-refractivity contribution in [2.75, 3.05) is 28.4 Å². The van der Waals surface area contributed by atoms with Crippen LogP contribution in [0.3, 0.4) is 0 Å². The summed E-state index contributed by atoms with van der Waals surface area (Å²) in [4.78, 5) is 23.3. The molecule has 1 amide bonds. The van der Waals surface area contributed by atoms with Crippen LogP contribution >= 0.6 is 0 Å². The molecule has 6 nitrogen and oxygen atoms in total. The highest BCUT2D eigenvalue weighted by atomic mass is 16.7. The van der Waals surface area contributed by atoms with Crippen LogP contribution in [0.15, 0.2) is 42.6 Å². The Labute approximate surface area is 176 Å². The highest BCUT2D eigenvalue weighted by Crippen LogP contribution is 2.73. The van der Waals surface area contributed by atoms with Crippen LogP contribution in [-0.2, 0) is 14.4 Å². The molecular weight excluding hydrogens is 380 g/mol. The van der Waals surface area contributed by atoms with Crippen molar-refractivity contribution in [3.63, 3.8) is 0 Å². The Hall–Kier alpha value is -2.70. The van der Waals surface area contributed by atoms with Crippen LogP contribution in [0, 0.1) is 11.3 Å². The van der Waals surface area contributed by atoms with Crippen LogP contribution in [0.2, 0.25) is 0 Å². The summed E-state index contributed by atoms with van der Waals surface area (Å²) in [6, 6.07) is 10.1. The molecule has 1 aromatic heterocycles. The Morgan fingerprint density at radius 2 is 1.87 bits per heavy atom. The number of aromatic nitrogens is 1. The Morgan fingerprint density at radius 3 is 2.50 bits per heavy atom. The Morgan fingerprint density at radius 1 is 1.13 bits per heavy atom. The van der Waals surface area contributed by atoms with E-state index >= 15 is 0 Å². The largest absolute Gasteiger partial charge is 0.497 e.